The SMILES string of the molecule is COc1cccc(CNC(=O)c2nc3ccc(NS(C)(=O)=O)cc3c(=O)[nH]2)c1. The highest BCUT2D eigenvalue weighted by Crippen LogP contribution is 2.16. The molecular formula is C18H18N4O5S. The van der Waals surface area contributed by atoms with E-state index < -0.39 is 21.5 Å². The largest absolute Gasteiger partial charge is 0.497 e. The molecule has 3 N–H and O–H groups in total. The molecule has 0 aliphatic heterocycles. The Morgan fingerprint density at radius 3 is 2.71 bits per heavy atom. The second-order valence-electron chi connectivity index (χ2n) is 6.05. The Kier molecular flexibility index (Phi) is 5.32. The van der Waals surface area contributed by atoms with Gasteiger partial charge in [-0.2, -0.15) is 0 Å². The van der Waals surface area contributed by atoms with Crippen LogP contribution in [0.3, 0.4) is 0 Å². The van der Waals surface area contributed by atoms with Crippen molar-refractivity contribution in [1.82, 2.24) is 15.3 Å². The van der Waals surface area contributed by atoms with Gasteiger partial charge in [0, 0.05) is 12.2 Å². The minimum atomic E-state index is -3.47. The molecule has 0 fully saturated rings. The summed E-state index contributed by atoms with van der Waals surface area (Å²) < 4.78 is 30.1. The maximum Gasteiger partial charge on any atom is 0.287 e. The fourth-order valence-corrected chi connectivity index (χ4v) is 3.13. The number of hydrogen-bond acceptors (Lipinski definition) is 6. The average Bonchev–Trinajstić information content (AvgIpc) is 2.65. The number of fused-ring (bicyclic) bond motifs is 1. The molecule has 0 saturated heterocycles. The zero-order chi connectivity index (χ0) is 20.3. The molecule has 1 heterocycles. The number of nitrogens with zero attached hydrogens (tertiary/aromatic N) is 1. The van der Waals surface area contributed by atoms with Crippen LogP contribution < -0.4 is 20.3 Å². The number of amides is 1. The Bertz CT molecular complexity index is 1200. The first-order chi connectivity index (χ1) is 13.2. The summed E-state index contributed by atoms with van der Waals surface area (Å²) in [6, 6.07) is 11.5. The molecule has 28 heavy (non-hydrogen) atoms. The molecular weight excluding hydrogens is 384 g/mol. The summed E-state index contributed by atoms with van der Waals surface area (Å²) in [5.74, 6) is -0.00753. The monoisotopic (exact) mass is 402 g/mol. The first kappa shape index (κ1) is 19.4. The van der Waals surface area contributed by atoms with Gasteiger partial charge in [-0.3, -0.25) is 14.3 Å². The molecule has 0 saturated carbocycles. The number of methoxy groups -OCH3 is 1. The molecule has 3 rings (SSSR count). The fraction of sp³-hybridized carbons (Fsp3) is 0.167. The van der Waals surface area contributed by atoms with Gasteiger partial charge in [-0.1, -0.05) is 12.1 Å². The maximum absolute atomic E-state index is 12.4. The summed E-state index contributed by atoms with van der Waals surface area (Å²) in [5, 5.41) is 2.85. The number of rotatable bonds is 6. The number of benzene rings is 2. The van der Waals surface area contributed by atoms with Gasteiger partial charge in [0.05, 0.1) is 24.3 Å². The van der Waals surface area contributed by atoms with E-state index in [4.69, 9.17) is 4.74 Å². The van der Waals surface area contributed by atoms with Crippen LogP contribution >= 0.6 is 0 Å². The Labute approximate surface area is 160 Å². The number of carbonyl (C=O) groups is 1. The number of hydrogen-bond donors (Lipinski definition) is 3. The van der Waals surface area contributed by atoms with Crippen molar-refractivity contribution in [3.05, 3.63) is 64.2 Å². The lowest BCUT2D eigenvalue weighted by Gasteiger charge is -2.08. The summed E-state index contributed by atoms with van der Waals surface area (Å²) in [4.78, 5) is 31.2. The summed E-state index contributed by atoms with van der Waals surface area (Å²) in [6.45, 7) is 0.231. The van der Waals surface area contributed by atoms with Gasteiger partial charge in [-0.05, 0) is 35.9 Å². The van der Waals surface area contributed by atoms with Gasteiger partial charge in [-0.15, -0.1) is 0 Å². The molecule has 3 aromatic rings. The van der Waals surface area contributed by atoms with E-state index in [9.17, 15) is 18.0 Å². The Morgan fingerprint density at radius 2 is 2.00 bits per heavy atom. The smallest absolute Gasteiger partial charge is 0.287 e. The van der Waals surface area contributed by atoms with E-state index in [0.717, 1.165) is 11.8 Å². The molecule has 0 spiro atoms. The van der Waals surface area contributed by atoms with Gasteiger partial charge in [0.2, 0.25) is 10.0 Å². The molecule has 0 unspecified atom stereocenters. The number of aromatic amines is 1. The molecule has 0 atom stereocenters. The molecule has 0 aliphatic carbocycles. The molecule has 9 nitrogen and oxygen atoms in total. The van der Waals surface area contributed by atoms with Crippen molar-refractivity contribution >= 4 is 32.5 Å². The number of carbonyl (C=O) groups excluding carboxylic acids is 1. The zero-order valence-electron chi connectivity index (χ0n) is 15.1. The standard InChI is InChI=1S/C18H18N4O5S/c1-27-13-5-3-4-11(8-13)10-19-18(24)16-20-15-7-6-12(22-28(2,25)26)9-14(15)17(23)21-16/h3-9,22H,10H2,1-2H3,(H,19,24)(H,20,21,23). The van der Waals surface area contributed by atoms with Crippen LogP contribution in [-0.2, 0) is 16.6 Å². The van der Waals surface area contributed by atoms with E-state index in [2.05, 4.69) is 20.0 Å². The van der Waals surface area contributed by atoms with Crippen LogP contribution in [0.2, 0.25) is 0 Å². The Balaban J connectivity index is 1.81. The molecule has 0 bridgehead atoms. The molecule has 0 aliphatic rings. The molecule has 1 amide bonds. The highest BCUT2D eigenvalue weighted by atomic mass is 32.2. The number of anilines is 1. The van der Waals surface area contributed by atoms with Crippen LogP contribution in [0, 0.1) is 0 Å². The molecule has 146 valence electrons. The quantitative estimate of drug-likeness (QED) is 0.569. The first-order valence-electron chi connectivity index (χ1n) is 8.18. The second-order valence-corrected chi connectivity index (χ2v) is 7.80. The lowest BCUT2D eigenvalue weighted by Crippen LogP contribution is -2.27. The predicted octanol–water partition coefficient (Wildman–Crippen LogP) is 1.23. The molecule has 1 aromatic heterocycles. The third-order valence-electron chi connectivity index (χ3n) is 3.81. The van der Waals surface area contributed by atoms with Crippen LogP contribution in [0.25, 0.3) is 10.9 Å². The topological polar surface area (TPSA) is 130 Å². The van der Waals surface area contributed by atoms with Crippen LogP contribution in [-0.4, -0.2) is 37.7 Å². The minimum absolute atomic E-state index is 0.135. The van der Waals surface area contributed by atoms with E-state index in [1.807, 2.05) is 6.07 Å². The third-order valence-corrected chi connectivity index (χ3v) is 4.42. The van der Waals surface area contributed by atoms with Crippen molar-refractivity contribution in [2.24, 2.45) is 0 Å². The van der Waals surface area contributed by atoms with Gasteiger partial charge in [-0.25, -0.2) is 13.4 Å². The van der Waals surface area contributed by atoms with Crippen molar-refractivity contribution in [2.45, 2.75) is 6.54 Å². The zero-order valence-corrected chi connectivity index (χ0v) is 16.0. The number of aromatic nitrogens is 2. The fourth-order valence-electron chi connectivity index (χ4n) is 2.57. The Morgan fingerprint density at radius 1 is 1.21 bits per heavy atom. The lowest BCUT2D eigenvalue weighted by molar-refractivity contribution is 0.0940. The molecule has 2 aromatic carbocycles. The minimum Gasteiger partial charge on any atom is -0.497 e. The van der Waals surface area contributed by atoms with Crippen molar-refractivity contribution in [3.63, 3.8) is 0 Å². The number of H-pyrrole nitrogens is 1. The van der Waals surface area contributed by atoms with E-state index in [-0.39, 0.29) is 29.0 Å². The number of sulfonamides is 1. The average molecular weight is 402 g/mol. The Hall–Kier alpha value is -3.40. The summed E-state index contributed by atoms with van der Waals surface area (Å²) in [5.41, 5.74) is 0.785. The third kappa shape index (κ3) is 4.65. The van der Waals surface area contributed by atoms with Crippen molar-refractivity contribution < 1.29 is 17.9 Å². The summed E-state index contributed by atoms with van der Waals surface area (Å²) in [7, 11) is -1.92. The van der Waals surface area contributed by atoms with Crippen molar-refractivity contribution in [1.29, 1.82) is 0 Å². The maximum atomic E-state index is 12.4. The number of nitrogens with one attached hydrogen (secondary N) is 3. The van der Waals surface area contributed by atoms with Crippen LogP contribution in [0.15, 0.2) is 47.3 Å². The van der Waals surface area contributed by atoms with Crippen LogP contribution in [0.5, 0.6) is 5.75 Å². The van der Waals surface area contributed by atoms with Gasteiger partial charge in [0.25, 0.3) is 11.5 Å². The van der Waals surface area contributed by atoms with Gasteiger partial charge < -0.3 is 15.0 Å². The molecule has 0 radical (unpaired) electrons. The molecule has 10 heteroatoms. The van der Waals surface area contributed by atoms with E-state index in [1.165, 1.54) is 18.2 Å². The summed E-state index contributed by atoms with van der Waals surface area (Å²) >= 11 is 0. The van der Waals surface area contributed by atoms with E-state index >= 15 is 0 Å². The van der Waals surface area contributed by atoms with Crippen LogP contribution in [0.4, 0.5) is 5.69 Å². The number of ether oxygens (including phenoxy) is 1. The highest BCUT2D eigenvalue weighted by Gasteiger charge is 2.13. The van der Waals surface area contributed by atoms with E-state index in [1.54, 1.807) is 25.3 Å². The summed E-state index contributed by atoms with van der Waals surface area (Å²) in [6.07, 6.45) is 1.01. The van der Waals surface area contributed by atoms with Gasteiger partial charge >= 0.3 is 0 Å². The predicted molar refractivity (Wildman–Crippen MR) is 105 cm³/mol. The highest BCUT2D eigenvalue weighted by molar-refractivity contribution is 7.92. The normalized spacial score (nSPS) is 11.2. The lowest BCUT2D eigenvalue weighted by atomic mass is 10.2. The van der Waals surface area contributed by atoms with Crippen molar-refractivity contribution in [3.8, 4) is 5.75 Å². The van der Waals surface area contributed by atoms with Crippen molar-refractivity contribution in [2.75, 3.05) is 18.1 Å². The van der Waals surface area contributed by atoms with Crippen LogP contribution in [0.1, 0.15) is 16.2 Å². The van der Waals surface area contributed by atoms with E-state index in [0.29, 0.717) is 5.75 Å². The van der Waals surface area contributed by atoms with Gasteiger partial charge in [0.1, 0.15) is 5.75 Å². The van der Waals surface area contributed by atoms with Gasteiger partial charge in [0.15, 0.2) is 5.82 Å². The first-order valence-corrected chi connectivity index (χ1v) is 10.1. The second kappa shape index (κ2) is 7.69.